The van der Waals surface area contributed by atoms with Crippen LogP contribution in [0, 0.1) is 5.82 Å². The second kappa shape index (κ2) is 9.37. The molecule has 0 bridgehead atoms. The Labute approximate surface area is 159 Å². The maximum Gasteiger partial charge on any atom is 0.240 e. The number of sulfonamides is 1. The van der Waals surface area contributed by atoms with E-state index < -0.39 is 40.2 Å². The molecule has 8 nitrogen and oxygen atoms in total. The number of rotatable bonds is 9. The summed E-state index contributed by atoms with van der Waals surface area (Å²) < 4.78 is 45.9. The van der Waals surface area contributed by atoms with Crippen LogP contribution in [0.5, 0.6) is 0 Å². The molecule has 27 heavy (non-hydrogen) atoms. The summed E-state index contributed by atoms with van der Waals surface area (Å²) in [4.78, 5) is 3.84. The molecule has 10 heteroatoms. The predicted molar refractivity (Wildman–Crippen MR) is 98.3 cm³/mol. The number of benzene rings is 1. The number of nitrogens with zero attached hydrogens (tertiary/aromatic N) is 2. The molecule has 1 fully saturated rings. The fraction of sp³-hybridized carbons (Fsp3) is 0.647. The Morgan fingerprint density at radius 3 is 2.33 bits per heavy atom. The van der Waals surface area contributed by atoms with Gasteiger partial charge in [-0.3, -0.25) is 4.90 Å². The first kappa shape index (κ1) is 22.2. The fourth-order valence-corrected chi connectivity index (χ4v) is 4.13. The van der Waals surface area contributed by atoms with Crippen LogP contribution in [0.25, 0.3) is 0 Å². The van der Waals surface area contributed by atoms with Gasteiger partial charge in [0.1, 0.15) is 18.0 Å². The quantitative estimate of drug-likeness (QED) is 0.489. The molecule has 1 aromatic rings. The van der Waals surface area contributed by atoms with Crippen molar-refractivity contribution in [1.29, 1.82) is 0 Å². The highest BCUT2D eigenvalue weighted by Crippen LogP contribution is 2.25. The first-order chi connectivity index (χ1) is 12.7. The van der Waals surface area contributed by atoms with Crippen LogP contribution in [-0.2, 0) is 14.8 Å². The first-order valence-corrected chi connectivity index (χ1v) is 10.2. The van der Waals surface area contributed by atoms with E-state index in [1.54, 1.807) is 0 Å². The van der Waals surface area contributed by atoms with Crippen molar-refractivity contribution in [2.45, 2.75) is 29.2 Å². The van der Waals surface area contributed by atoms with Gasteiger partial charge in [-0.2, -0.15) is 0 Å². The lowest BCUT2D eigenvalue weighted by Gasteiger charge is -2.31. The van der Waals surface area contributed by atoms with Crippen molar-refractivity contribution in [3.05, 3.63) is 30.1 Å². The third kappa shape index (κ3) is 5.67. The van der Waals surface area contributed by atoms with E-state index in [0.29, 0.717) is 6.54 Å². The Morgan fingerprint density at radius 1 is 1.15 bits per heavy atom. The van der Waals surface area contributed by atoms with Gasteiger partial charge in [-0.25, -0.2) is 17.5 Å². The van der Waals surface area contributed by atoms with Crippen LogP contribution < -0.4 is 4.72 Å². The minimum atomic E-state index is -3.85. The van der Waals surface area contributed by atoms with Crippen LogP contribution >= 0.6 is 0 Å². The molecule has 1 heterocycles. The van der Waals surface area contributed by atoms with Crippen molar-refractivity contribution in [1.82, 2.24) is 14.5 Å². The summed E-state index contributed by atoms with van der Waals surface area (Å²) in [6.45, 7) is 0.944. The van der Waals surface area contributed by atoms with E-state index >= 15 is 0 Å². The van der Waals surface area contributed by atoms with Gasteiger partial charge in [-0.15, -0.1) is 0 Å². The summed E-state index contributed by atoms with van der Waals surface area (Å²) in [5.74, 6) is -0.524. The third-order valence-corrected chi connectivity index (χ3v) is 6.09. The predicted octanol–water partition coefficient (Wildman–Crippen LogP) is -0.913. The molecule has 154 valence electrons. The number of ether oxygens (including phenoxy) is 1. The van der Waals surface area contributed by atoms with Gasteiger partial charge in [0.2, 0.25) is 10.0 Å². The lowest BCUT2D eigenvalue weighted by molar-refractivity contribution is -0.0201. The van der Waals surface area contributed by atoms with Gasteiger partial charge >= 0.3 is 0 Å². The Hall–Kier alpha value is -1.14. The van der Waals surface area contributed by atoms with E-state index in [-0.39, 0.29) is 18.0 Å². The van der Waals surface area contributed by atoms with Gasteiger partial charge in [0.25, 0.3) is 0 Å². The summed E-state index contributed by atoms with van der Waals surface area (Å²) in [6, 6.07) is 4.03. The van der Waals surface area contributed by atoms with Crippen LogP contribution in [0.4, 0.5) is 4.39 Å². The Kier molecular flexibility index (Phi) is 7.69. The topological polar surface area (TPSA) is 102 Å². The molecule has 0 aliphatic carbocycles. The van der Waals surface area contributed by atoms with Gasteiger partial charge in [-0.1, -0.05) is 0 Å². The van der Waals surface area contributed by atoms with Crippen molar-refractivity contribution < 1.29 is 27.8 Å². The van der Waals surface area contributed by atoms with Crippen LogP contribution in [0.3, 0.4) is 0 Å². The van der Waals surface area contributed by atoms with Crippen LogP contribution in [0.15, 0.2) is 29.2 Å². The molecule has 1 aromatic carbocycles. The van der Waals surface area contributed by atoms with Crippen molar-refractivity contribution in [2.75, 3.05) is 47.4 Å². The van der Waals surface area contributed by atoms with E-state index in [2.05, 4.69) is 4.72 Å². The highest BCUT2D eigenvalue weighted by atomic mass is 32.2. The second-order valence-corrected chi connectivity index (χ2v) is 8.73. The number of aliphatic hydroxyl groups excluding tert-OH is 2. The molecule has 1 saturated heterocycles. The number of hydrogen-bond acceptors (Lipinski definition) is 7. The minimum Gasteiger partial charge on any atom is -0.394 e. The average molecular weight is 405 g/mol. The monoisotopic (exact) mass is 405 g/mol. The highest BCUT2D eigenvalue weighted by molar-refractivity contribution is 7.89. The summed E-state index contributed by atoms with van der Waals surface area (Å²) in [6.07, 6.45) is -2.36. The van der Waals surface area contributed by atoms with Crippen LogP contribution in [0.2, 0.25) is 0 Å². The fourth-order valence-electron chi connectivity index (χ4n) is 3.09. The standard InChI is InChI=1S/C17H28FN3O5S/c1-20(2)8-9-21(3)16-14(26-15(11-22)17(16)23)10-19-27(24,25)13-6-4-12(18)5-7-13/h4-7,14-17,19,22-23H,8-11H2,1-3H3. The Balaban J connectivity index is 2.08. The third-order valence-electron chi connectivity index (χ3n) is 4.65. The van der Waals surface area contributed by atoms with E-state index in [1.807, 2.05) is 30.9 Å². The van der Waals surface area contributed by atoms with E-state index in [0.717, 1.165) is 18.7 Å². The molecular weight excluding hydrogens is 377 g/mol. The largest absolute Gasteiger partial charge is 0.394 e. The van der Waals surface area contributed by atoms with Crippen LogP contribution in [0.1, 0.15) is 0 Å². The highest BCUT2D eigenvalue weighted by Gasteiger charge is 2.45. The Bertz CT molecular complexity index is 701. The SMILES string of the molecule is CN(C)CCN(C)C1C(CNS(=O)(=O)c2ccc(F)cc2)OC(CO)C1O. The van der Waals surface area contributed by atoms with Gasteiger partial charge in [0.15, 0.2) is 0 Å². The number of hydrogen-bond donors (Lipinski definition) is 3. The summed E-state index contributed by atoms with van der Waals surface area (Å²) in [7, 11) is 1.83. The molecule has 0 amide bonds. The zero-order valence-electron chi connectivity index (χ0n) is 15.7. The van der Waals surface area contributed by atoms with E-state index in [1.165, 1.54) is 12.1 Å². The maximum atomic E-state index is 13.0. The van der Waals surface area contributed by atoms with Crippen molar-refractivity contribution in [3.63, 3.8) is 0 Å². The van der Waals surface area contributed by atoms with E-state index in [4.69, 9.17) is 4.74 Å². The maximum absolute atomic E-state index is 13.0. The van der Waals surface area contributed by atoms with Crippen molar-refractivity contribution >= 4 is 10.0 Å². The molecule has 0 saturated carbocycles. The molecule has 3 N–H and O–H groups in total. The van der Waals surface area contributed by atoms with Crippen molar-refractivity contribution in [3.8, 4) is 0 Å². The Morgan fingerprint density at radius 2 is 1.78 bits per heavy atom. The van der Waals surface area contributed by atoms with E-state index in [9.17, 15) is 23.0 Å². The lowest BCUT2D eigenvalue weighted by atomic mass is 10.0. The molecule has 1 aliphatic heterocycles. The lowest BCUT2D eigenvalue weighted by Crippen LogP contribution is -2.51. The van der Waals surface area contributed by atoms with Gasteiger partial charge in [0.05, 0.1) is 23.6 Å². The van der Waals surface area contributed by atoms with Crippen LogP contribution in [-0.4, -0.2) is 100 Å². The number of nitrogens with one attached hydrogen (secondary N) is 1. The molecule has 4 unspecified atom stereocenters. The number of likely N-dealkylation sites (N-methyl/N-ethyl adjacent to an activating group) is 2. The second-order valence-electron chi connectivity index (χ2n) is 6.97. The van der Waals surface area contributed by atoms with Crippen molar-refractivity contribution in [2.24, 2.45) is 0 Å². The summed E-state index contributed by atoms with van der Waals surface area (Å²) >= 11 is 0. The molecule has 4 atom stereocenters. The molecule has 0 spiro atoms. The molecule has 0 aromatic heterocycles. The molecule has 0 radical (unpaired) electrons. The normalized spacial score (nSPS) is 26.2. The summed E-state index contributed by atoms with van der Waals surface area (Å²) in [5.41, 5.74) is 0. The summed E-state index contributed by atoms with van der Waals surface area (Å²) in [5, 5.41) is 19.9. The molecular formula is C17H28FN3O5S. The molecule has 1 aliphatic rings. The van der Waals surface area contributed by atoms with Gasteiger partial charge in [-0.05, 0) is 45.4 Å². The minimum absolute atomic E-state index is 0.0568. The smallest absolute Gasteiger partial charge is 0.240 e. The average Bonchev–Trinajstić information content (AvgIpc) is 2.94. The first-order valence-electron chi connectivity index (χ1n) is 8.70. The molecule has 2 rings (SSSR count). The zero-order valence-corrected chi connectivity index (χ0v) is 16.6. The number of halogens is 1. The van der Waals surface area contributed by atoms with Gasteiger partial charge < -0.3 is 19.8 Å². The zero-order chi connectivity index (χ0) is 20.2. The van der Waals surface area contributed by atoms with Gasteiger partial charge in [0, 0.05) is 19.6 Å². The number of aliphatic hydroxyl groups is 2.